The average Bonchev–Trinajstić information content (AvgIpc) is 2.90. The van der Waals surface area contributed by atoms with Crippen LogP contribution in [-0.4, -0.2) is 13.1 Å². The standard InChI is InChI=1S/C19H31N/c1-18(2,3)15-12-17(20-4)19(13-8-9-14-19)16-10-6-5-7-11-16/h5-7,10-11,17,20H,8-9,12-15H2,1-4H3. The lowest BCUT2D eigenvalue weighted by atomic mass is 9.70. The predicted octanol–water partition coefficient (Wildman–Crippen LogP) is 4.91. The lowest BCUT2D eigenvalue weighted by molar-refractivity contribution is 0.253. The summed E-state index contributed by atoms with van der Waals surface area (Å²) in [5, 5.41) is 3.66. The van der Waals surface area contributed by atoms with Crippen LogP contribution in [0.1, 0.15) is 64.9 Å². The highest BCUT2D eigenvalue weighted by molar-refractivity contribution is 5.29. The van der Waals surface area contributed by atoms with Gasteiger partial charge in [0.25, 0.3) is 0 Å². The van der Waals surface area contributed by atoms with Crippen LogP contribution in [0.2, 0.25) is 0 Å². The maximum Gasteiger partial charge on any atom is 0.0161 e. The molecule has 0 spiro atoms. The highest BCUT2D eigenvalue weighted by Gasteiger charge is 2.41. The molecule has 0 amide bonds. The van der Waals surface area contributed by atoms with Gasteiger partial charge < -0.3 is 5.32 Å². The van der Waals surface area contributed by atoms with Crippen LogP contribution in [0.15, 0.2) is 30.3 Å². The van der Waals surface area contributed by atoms with Crippen molar-refractivity contribution >= 4 is 0 Å². The van der Waals surface area contributed by atoms with Crippen LogP contribution in [0.4, 0.5) is 0 Å². The van der Waals surface area contributed by atoms with Crippen LogP contribution >= 0.6 is 0 Å². The lowest BCUT2D eigenvalue weighted by Gasteiger charge is -2.39. The first-order valence-electron chi connectivity index (χ1n) is 8.21. The van der Waals surface area contributed by atoms with Crippen molar-refractivity contribution in [2.75, 3.05) is 7.05 Å². The Kier molecular flexibility index (Phi) is 4.90. The zero-order valence-electron chi connectivity index (χ0n) is 13.7. The molecule has 0 aliphatic heterocycles. The summed E-state index contributed by atoms with van der Waals surface area (Å²) in [6.07, 6.45) is 7.99. The summed E-state index contributed by atoms with van der Waals surface area (Å²) in [6, 6.07) is 11.8. The normalized spacial score (nSPS) is 20.0. The van der Waals surface area contributed by atoms with Gasteiger partial charge in [-0.1, -0.05) is 63.9 Å². The second-order valence-corrected chi connectivity index (χ2v) is 7.67. The number of likely N-dealkylation sites (N-methyl/N-ethyl adjacent to an activating group) is 1. The van der Waals surface area contributed by atoms with E-state index in [4.69, 9.17) is 0 Å². The zero-order valence-corrected chi connectivity index (χ0v) is 13.7. The Hall–Kier alpha value is -0.820. The fraction of sp³-hybridized carbons (Fsp3) is 0.684. The van der Waals surface area contributed by atoms with E-state index >= 15 is 0 Å². The van der Waals surface area contributed by atoms with E-state index in [1.54, 1.807) is 5.56 Å². The van der Waals surface area contributed by atoms with Crippen molar-refractivity contribution in [1.82, 2.24) is 5.32 Å². The Labute approximate surface area is 125 Å². The minimum absolute atomic E-state index is 0.362. The molecule has 0 heterocycles. The molecule has 1 aliphatic carbocycles. The van der Waals surface area contributed by atoms with Gasteiger partial charge in [-0.2, -0.15) is 0 Å². The van der Waals surface area contributed by atoms with Gasteiger partial charge in [0.05, 0.1) is 0 Å². The molecule has 1 atom stereocenters. The van der Waals surface area contributed by atoms with Crippen LogP contribution in [0.5, 0.6) is 0 Å². The van der Waals surface area contributed by atoms with Crippen LogP contribution in [-0.2, 0) is 5.41 Å². The van der Waals surface area contributed by atoms with E-state index in [1.165, 1.54) is 38.5 Å². The van der Waals surface area contributed by atoms with E-state index in [0.29, 0.717) is 16.9 Å². The van der Waals surface area contributed by atoms with E-state index in [-0.39, 0.29) is 0 Å². The molecule has 1 saturated carbocycles. The first kappa shape index (κ1) is 15.6. The van der Waals surface area contributed by atoms with Gasteiger partial charge in [-0.15, -0.1) is 0 Å². The molecular formula is C19H31N. The third kappa shape index (κ3) is 3.44. The van der Waals surface area contributed by atoms with Gasteiger partial charge in [0, 0.05) is 11.5 Å². The van der Waals surface area contributed by atoms with Gasteiger partial charge in [0.15, 0.2) is 0 Å². The summed E-state index contributed by atoms with van der Waals surface area (Å²) in [6.45, 7) is 7.05. The molecule has 20 heavy (non-hydrogen) atoms. The first-order valence-corrected chi connectivity index (χ1v) is 8.21. The quantitative estimate of drug-likeness (QED) is 0.803. The van der Waals surface area contributed by atoms with Gasteiger partial charge in [0.2, 0.25) is 0 Å². The summed E-state index contributed by atoms with van der Waals surface area (Å²) >= 11 is 0. The van der Waals surface area contributed by atoms with Crippen molar-refractivity contribution < 1.29 is 0 Å². The molecule has 0 saturated heterocycles. The first-order chi connectivity index (χ1) is 9.48. The molecule has 1 aromatic carbocycles. The molecule has 2 rings (SSSR count). The number of hydrogen-bond acceptors (Lipinski definition) is 1. The van der Waals surface area contributed by atoms with Crippen LogP contribution in [0.25, 0.3) is 0 Å². The van der Waals surface area contributed by atoms with Crippen molar-refractivity contribution in [3.05, 3.63) is 35.9 Å². The van der Waals surface area contributed by atoms with Crippen molar-refractivity contribution in [3.8, 4) is 0 Å². The summed E-state index contributed by atoms with van der Waals surface area (Å²) in [5.41, 5.74) is 2.33. The van der Waals surface area contributed by atoms with E-state index in [1.807, 2.05) is 0 Å². The lowest BCUT2D eigenvalue weighted by Crippen LogP contribution is -2.46. The summed E-state index contributed by atoms with van der Waals surface area (Å²) < 4.78 is 0. The number of nitrogens with one attached hydrogen (secondary N) is 1. The maximum absolute atomic E-state index is 3.66. The molecule has 1 aromatic rings. The van der Waals surface area contributed by atoms with Crippen LogP contribution in [0.3, 0.4) is 0 Å². The summed E-state index contributed by atoms with van der Waals surface area (Å²) in [4.78, 5) is 0. The van der Waals surface area contributed by atoms with Crippen LogP contribution < -0.4 is 5.32 Å². The molecule has 1 unspecified atom stereocenters. The smallest absolute Gasteiger partial charge is 0.0161 e. The summed E-state index contributed by atoms with van der Waals surface area (Å²) in [7, 11) is 2.15. The molecule has 0 aromatic heterocycles. The Morgan fingerprint density at radius 1 is 1.10 bits per heavy atom. The molecule has 112 valence electrons. The zero-order chi connectivity index (χ0) is 14.6. The highest BCUT2D eigenvalue weighted by atomic mass is 14.9. The van der Waals surface area contributed by atoms with Crippen molar-refractivity contribution in [2.24, 2.45) is 5.41 Å². The Morgan fingerprint density at radius 3 is 2.20 bits per heavy atom. The minimum Gasteiger partial charge on any atom is -0.316 e. The van der Waals surface area contributed by atoms with Gasteiger partial charge in [0.1, 0.15) is 0 Å². The molecule has 1 fully saturated rings. The van der Waals surface area contributed by atoms with E-state index < -0.39 is 0 Å². The second-order valence-electron chi connectivity index (χ2n) is 7.67. The van der Waals surface area contributed by atoms with Crippen LogP contribution in [0, 0.1) is 5.41 Å². The Morgan fingerprint density at radius 2 is 1.70 bits per heavy atom. The van der Waals surface area contributed by atoms with Crippen molar-refractivity contribution in [1.29, 1.82) is 0 Å². The molecule has 1 heteroatoms. The van der Waals surface area contributed by atoms with Crippen molar-refractivity contribution in [2.45, 2.75) is 70.8 Å². The fourth-order valence-electron chi connectivity index (χ4n) is 3.89. The highest BCUT2D eigenvalue weighted by Crippen LogP contribution is 2.45. The van der Waals surface area contributed by atoms with E-state index in [0.717, 1.165) is 0 Å². The third-order valence-electron chi connectivity index (χ3n) is 5.04. The minimum atomic E-state index is 0.362. The molecule has 0 radical (unpaired) electrons. The summed E-state index contributed by atoms with van der Waals surface area (Å²) in [5.74, 6) is 0. The van der Waals surface area contributed by atoms with Gasteiger partial charge in [-0.05, 0) is 43.7 Å². The molecule has 1 nitrogen and oxygen atoms in total. The SMILES string of the molecule is CNC(CCC(C)(C)C)C1(c2ccccc2)CCCC1. The molecule has 1 aliphatic rings. The van der Waals surface area contributed by atoms with E-state index in [9.17, 15) is 0 Å². The van der Waals surface area contributed by atoms with Gasteiger partial charge >= 0.3 is 0 Å². The van der Waals surface area contributed by atoms with Gasteiger partial charge in [-0.25, -0.2) is 0 Å². The molecular weight excluding hydrogens is 242 g/mol. The van der Waals surface area contributed by atoms with Crippen molar-refractivity contribution in [3.63, 3.8) is 0 Å². The third-order valence-corrected chi connectivity index (χ3v) is 5.04. The fourth-order valence-corrected chi connectivity index (χ4v) is 3.89. The maximum atomic E-state index is 3.66. The average molecular weight is 273 g/mol. The molecule has 1 N–H and O–H groups in total. The topological polar surface area (TPSA) is 12.0 Å². The number of rotatable bonds is 5. The molecule has 0 bridgehead atoms. The monoisotopic (exact) mass is 273 g/mol. The largest absolute Gasteiger partial charge is 0.316 e. The number of hydrogen-bond donors (Lipinski definition) is 1. The Bertz CT molecular complexity index is 396. The predicted molar refractivity (Wildman–Crippen MR) is 88.1 cm³/mol. The second kappa shape index (κ2) is 6.30. The van der Waals surface area contributed by atoms with Gasteiger partial charge in [-0.3, -0.25) is 0 Å². The van der Waals surface area contributed by atoms with E-state index in [2.05, 4.69) is 63.5 Å². The number of benzene rings is 1. The Balaban J connectivity index is 2.22.